The Kier molecular flexibility index (Phi) is 4.94. The summed E-state index contributed by atoms with van der Waals surface area (Å²) in [6, 6.07) is 5.68. The second-order valence-electron chi connectivity index (χ2n) is 4.29. The van der Waals surface area contributed by atoms with Gasteiger partial charge in [0.2, 0.25) is 5.16 Å². The molecule has 0 aliphatic heterocycles. The zero-order chi connectivity index (χ0) is 16.2. The Labute approximate surface area is 143 Å². The number of halogens is 2. The van der Waals surface area contributed by atoms with E-state index in [9.17, 15) is 4.39 Å². The number of rotatable bonds is 6. The van der Waals surface area contributed by atoms with Crippen LogP contribution < -0.4 is 10.6 Å². The van der Waals surface area contributed by atoms with E-state index in [0.29, 0.717) is 32.5 Å². The molecular formula is C12H10ClFN6OS2. The summed E-state index contributed by atoms with van der Waals surface area (Å²) in [7, 11) is 0. The number of nitrogens with two attached hydrogens (primary N) is 1. The van der Waals surface area contributed by atoms with Crippen LogP contribution in [0.15, 0.2) is 29.4 Å². The van der Waals surface area contributed by atoms with Crippen molar-refractivity contribution in [2.45, 2.75) is 17.5 Å². The van der Waals surface area contributed by atoms with Crippen LogP contribution in [0.1, 0.15) is 11.5 Å². The fourth-order valence-corrected chi connectivity index (χ4v) is 3.21. The van der Waals surface area contributed by atoms with Crippen molar-refractivity contribution in [3.63, 3.8) is 0 Å². The summed E-state index contributed by atoms with van der Waals surface area (Å²) in [6.07, 6.45) is 0. The quantitative estimate of drug-likeness (QED) is 0.525. The lowest BCUT2D eigenvalue weighted by atomic mass is 10.3. The van der Waals surface area contributed by atoms with E-state index in [1.807, 2.05) is 0 Å². The van der Waals surface area contributed by atoms with Crippen LogP contribution in [0.5, 0.6) is 5.75 Å². The van der Waals surface area contributed by atoms with E-state index in [1.165, 1.54) is 40.7 Å². The lowest BCUT2D eigenvalue weighted by Gasteiger charge is -2.06. The molecule has 0 amide bonds. The summed E-state index contributed by atoms with van der Waals surface area (Å²) < 4.78 is 23.9. The van der Waals surface area contributed by atoms with Crippen molar-refractivity contribution < 1.29 is 9.13 Å². The highest BCUT2D eigenvalue weighted by atomic mass is 35.5. The number of hydrogen-bond donors (Lipinski definition) is 1. The molecule has 0 aliphatic rings. The second kappa shape index (κ2) is 7.11. The number of aromatic nitrogens is 5. The number of hydrogen-bond acceptors (Lipinski definition) is 8. The third kappa shape index (κ3) is 3.89. The Morgan fingerprint density at radius 1 is 1.26 bits per heavy atom. The molecule has 1 aromatic carbocycles. The normalized spacial score (nSPS) is 10.9. The number of ether oxygens (including phenoxy) is 1. The maximum atomic E-state index is 12.8. The van der Waals surface area contributed by atoms with Crippen LogP contribution in [0.2, 0.25) is 4.34 Å². The number of thioether (sulfide) groups is 1. The molecule has 3 aromatic rings. The second-order valence-corrected chi connectivity index (χ2v) is 6.59. The molecule has 0 spiro atoms. The van der Waals surface area contributed by atoms with Crippen LogP contribution in [0, 0.1) is 5.82 Å². The summed E-state index contributed by atoms with van der Waals surface area (Å²) >= 11 is 8.41. The molecule has 0 aliphatic carbocycles. The van der Waals surface area contributed by atoms with Gasteiger partial charge in [0, 0.05) is 17.3 Å². The highest BCUT2D eigenvalue weighted by molar-refractivity contribution is 7.98. The molecule has 0 bridgehead atoms. The van der Waals surface area contributed by atoms with Gasteiger partial charge in [0.25, 0.3) is 0 Å². The van der Waals surface area contributed by atoms with Crippen LogP contribution >= 0.6 is 34.9 Å². The highest BCUT2D eigenvalue weighted by Gasteiger charge is 2.13. The summed E-state index contributed by atoms with van der Waals surface area (Å²) in [6.45, 7) is 0.120. The van der Waals surface area contributed by atoms with Gasteiger partial charge in [-0.3, -0.25) is 0 Å². The van der Waals surface area contributed by atoms with Gasteiger partial charge in [0.1, 0.15) is 28.2 Å². The maximum absolute atomic E-state index is 12.8. The molecule has 0 radical (unpaired) electrons. The van der Waals surface area contributed by atoms with Gasteiger partial charge >= 0.3 is 0 Å². The largest absolute Gasteiger partial charge is 0.486 e. The SMILES string of the molecule is Nn1c(COc2ccc(F)cc2)nnc1SCc1nnsc1Cl. The molecular weight excluding hydrogens is 363 g/mol. The summed E-state index contributed by atoms with van der Waals surface area (Å²) in [5, 5.41) is 12.4. The Hall–Kier alpha value is -1.91. The van der Waals surface area contributed by atoms with Crippen LogP contribution in [0.25, 0.3) is 0 Å². The molecule has 3 rings (SSSR count). The zero-order valence-corrected chi connectivity index (χ0v) is 13.9. The van der Waals surface area contributed by atoms with Crippen molar-refractivity contribution in [2.24, 2.45) is 0 Å². The first-order valence-electron chi connectivity index (χ1n) is 6.30. The number of nitrogen functional groups attached to an aromatic ring is 1. The minimum atomic E-state index is -0.326. The number of benzene rings is 1. The van der Waals surface area contributed by atoms with E-state index >= 15 is 0 Å². The first kappa shape index (κ1) is 16.0. The summed E-state index contributed by atoms with van der Waals surface area (Å²) in [5.41, 5.74) is 0.675. The van der Waals surface area contributed by atoms with Gasteiger partial charge in [0.15, 0.2) is 5.82 Å². The Morgan fingerprint density at radius 2 is 2.04 bits per heavy atom. The Bertz CT molecular complexity index is 793. The van der Waals surface area contributed by atoms with Crippen molar-refractivity contribution in [1.82, 2.24) is 24.5 Å². The zero-order valence-electron chi connectivity index (χ0n) is 11.5. The van der Waals surface area contributed by atoms with Gasteiger partial charge in [-0.15, -0.1) is 15.3 Å². The van der Waals surface area contributed by atoms with E-state index in [2.05, 4.69) is 19.8 Å². The molecule has 2 heterocycles. The number of nitrogens with zero attached hydrogens (tertiary/aromatic N) is 5. The van der Waals surface area contributed by atoms with Crippen molar-refractivity contribution in [3.05, 3.63) is 45.9 Å². The molecule has 2 N–H and O–H groups in total. The topological polar surface area (TPSA) is 91.7 Å². The molecule has 2 aromatic heterocycles. The van der Waals surface area contributed by atoms with Crippen LogP contribution in [-0.4, -0.2) is 24.5 Å². The van der Waals surface area contributed by atoms with E-state index in [-0.39, 0.29) is 12.4 Å². The van der Waals surface area contributed by atoms with Gasteiger partial charge in [-0.1, -0.05) is 27.9 Å². The first-order valence-corrected chi connectivity index (χ1v) is 8.44. The average molecular weight is 373 g/mol. The lowest BCUT2D eigenvalue weighted by Crippen LogP contribution is -2.15. The van der Waals surface area contributed by atoms with Crippen LogP contribution in [-0.2, 0) is 12.4 Å². The summed E-state index contributed by atoms with van der Waals surface area (Å²) in [4.78, 5) is 0. The molecule has 0 atom stereocenters. The third-order valence-electron chi connectivity index (χ3n) is 2.76. The van der Waals surface area contributed by atoms with Gasteiger partial charge in [-0.25, -0.2) is 9.07 Å². The van der Waals surface area contributed by atoms with E-state index in [4.69, 9.17) is 22.2 Å². The van der Waals surface area contributed by atoms with E-state index in [0.717, 1.165) is 11.5 Å². The third-order valence-corrected chi connectivity index (χ3v) is 4.70. The smallest absolute Gasteiger partial charge is 0.210 e. The van der Waals surface area contributed by atoms with Crippen LogP contribution in [0.4, 0.5) is 4.39 Å². The predicted octanol–water partition coefficient (Wildman–Crippen LogP) is 2.51. The molecule has 7 nitrogen and oxygen atoms in total. The monoisotopic (exact) mass is 372 g/mol. The van der Waals surface area contributed by atoms with Crippen molar-refractivity contribution >= 4 is 34.9 Å². The van der Waals surface area contributed by atoms with Crippen LogP contribution in [0.3, 0.4) is 0 Å². The van der Waals surface area contributed by atoms with E-state index < -0.39 is 0 Å². The van der Waals surface area contributed by atoms with Crippen molar-refractivity contribution in [1.29, 1.82) is 0 Å². The summed E-state index contributed by atoms with van der Waals surface area (Å²) in [5.74, 6) is 7.06. The minimum Gasteiger partial charge on any atom is -0.486 e. The van der Waals surface area contributed by atoms with E-state index in [1.54, 1.807) is 0 Å². The molecule has 0 fully saturated rings. The fraction of sp³-hybridized carbons (Fsp3) is 0.167. The van der Waals surface area contributed by atoms with Gasteiger partial charge < -0.3 is 10.6 Å². The van der Waals surface area contributed by atoms with Crippen molar-refractivity contribution in [3.8, 4) is 5.75 Å². The molecule has 120 valence electrons. The molecule has 11 heteroatoms. The Balaban J connectivity index is 1.60. The van der Waals surface area contributed by atoms with Gasteiger partial charge in [-0.05, 0) is 24.3 Å². The lowest BCUT2D eigenvalue weighted by molar-refractivity contribution is 0.291. The molecule has 0 saturated heterocycles. The highest BCUT2D eigenvalue weighted by Crippen LogP contribution is 2.25. The fourth-order valence-electron chi connectivity index (χ4n) is 1.60. The minimum absolute atomic E-state index is 0.120. The van der Waals surface area contributed by atoms with Gasteiger partial charge in [-0.2, -0.15) is 0 Å². The molecule has 23 heavy (non-hydrogen) atoms. The Morgan fingerprint density at radius 3 is 2.74 bits per heavy atom. The first-order chi connectivity index (χ1) is 11.1. The average Bonchev–Trinajstić information content (AvgIpc) is 3.11. The molecule has 0 saturated carbocycles. The van der Waals surface area contributed by atoms with Crippen molar-refractivity contribution in [2.75, 3.05) is 5.84 Å². The predicted molar refractivity (Wildman–Crippen MR) is 85.4 cm³/mol. The maximum Gasteiger partial charge on any atom is 0.210 e. The molecule has 0 unspecified atom stereocenters. The van der Waals surface area contributed by atoms with Gasteiger partial charge in [0.05, 0.1) is 0 Å². The standard InChI is InChI=1S/C12H10ClFN6OS2/c13-11-9(16-19-23-11)6-22-12-18-17-10(20(12)15)5-21-8-3-1-7(14)2-4-8/h1-4H,5-6,15H2.